The molecular weight excluding hydrogens is 182 g/mol. The molecule has 0 aromatic heterocycles. The van der Waals surface area contributed by atoms with Crippen molar-refractivity contribution < 1.29 is 9.53 Å². The highest BCUT2D eigenvalue weighted by atomic mass is 16.6. The molecule has 0 saturated carbocycles. The SMILES string of the molecule is CCCC([15NH2])C([15NH2])C(=O)OC(C)(C)C. The zero-order valence-corrected chi connectivity index (χ0v) is 9.54. The van der Waals surface area contributed by atoms with Crippen LogP contribution in [0.2, 0.25) is 0 Å². The van der Waals surface area contributed by atoms with Crippen molar-refractivity contribution in [2.45, 2.75) is 58.2 Å². The second-order valence-corrected chi connectivity index (χ2v) is 4.51. The highest BCUT2D eigenvalue weighted by Crippen LogP contribution is 2.09. The van der Waals surface area contributed by atoms with Crippen LogP contribution in [0.3, 0.4) is 0 Å². The van der Waals surface area contributed by atoms with Crippen LogP contribution in [0.4, 0.5) is 0 Å². The van der Waals surface area contributed by atoms with Gasteiger partial charge < -0.3 is 16.2 Å². The lowest BCUT2D eigenvalue weighted by atomic mass is 10.1. The zero-order chi connectivity index (χ0) is 11.4. The van der Waals surface area contributed by atoms with Crippen molar-refractivity contribution in [1.82, 2.24) is 0 Å². The maximum Gasteiger partial charge on any atom is 0.325 e. The standard InChI is InChI=1S/C10H22N2O2/c1-5-6-7(11)8(12)9(13)14-10(2,3)4/h7-8H,5-6,11-12H2,1-4H3/i11+1,12+1. The first-order valence-electron chi connectivity index (χ1n) is 5.02. The quantitative estimate of drug-likeness (QED) is 0.524. The van der Waals surface area contributed by atoms with E-state index >= 15 is 0 Å². The molecule has 0 saturated heterocycles. The predicted molar refractivity (Wildman–Crippen MR) is 56.7 cm³/mol. The van der Waals surface area contributed by atoms with Crippen LogP contribution in [0.15, 0.2) is 0 Å². The topological polar surface area (TPSA) is 78.3 Å². The Morgan fingerprint density at radius 3 is 2.21 bits per heavy atom. The second-order valence-electron chi connectivity index (χ2n) is 4.51. The number of carbonyl (C=O) groups excluding carboxylic acids is 1. The van der Waals surface area contributed by atoms with Crippen LogP contribution >= 0.6 is 0 Å². The first-order chi connectivity index (χ1) is 6.28. The van der Waals surface area contributed by atoms with E-state index in [2.05, 4.69) is 0 Å². The molecule has 0 radical (unpaired) electrons. The van der Waals surface area contributed by atoms with E-state index in [0.29, 0.717) is 0 Å². The molecule has 0 aliphatic heterocycles. The third-order valence-electron chi connectivity index (χ3n) is 1.76. The molecule has 0 aliphatic rings. The van der Waals surface area contributed by atoms with E-state index in [1.165, 1.54) is 0 Å². The second kappa shape index (κ2) is 5.32. The molecule has 14 heavy (non-hydrogen) atoms. The van der Waals surface area contributed by atoms with Crippen molar-refractivity contribution in [2.24, 2.45) is 11.5 Å². The molecule has 4 nitrogen and oxygen atoms in total. The van der Waals surface area contributed by atoms with Gasteiger partial charge in [0.15, 0.2) is 0 Å². The summed E-state index contributed by atoms with van der Waals surface area (Å²) < 4.78 is 5.12. The fraction of sp³-hybridized carbons (Fsp3) is 0.900. The van der Waals surface area contributed by atoms with Crippen molar-refractivity contribution in [3.63, 3.8) is 0 Å². The van der Waals surface area contributed by atoms with Crippen LogP contribution in [0.25, 0.3) is 0 Å². The summed E-state index contributed by atoms with van der Waals surface area (Å²) in [5.41, 5.74) is 10.9. The third kappa shape index (κ3) is 5.19. The highest BCUT2D eigenvalue weighted by Gasteiger charge is 2.26. The molecule has 2 atom stereocenters. The van der Waals surface area contributed by atoms with Gasteiger partial charge in [0, 0.05) is 6.04 Å². The minimum absolute atomic E-state index is 0.310. The van der Waals surface area contributed by atoms with E-state index in [-0.39, 0.29) is 6.04 Å². The fourth-order valence-electron chi connectivity index (χ4n) is 1.06. The molecule has 0 aliphatic carbocycles. The molecule has 0 aromatic carbocycles. The summed E-state index contributed by atoms with van der Waals surface area (Å²) in [4.78, 5) is 11.4. The third-order valence-corrected chi connectivity index (χ3v) is 1.76. The summed E-state index contributed by atoms with van der Waals surface area (Å²) in [6.07, 6.45) is 1.65. The van der Waals surface area contributed by atoms with Crippen LogP contribution in [0.5, 0.6) is 0 Å². The number of carbonyl (C=O) groups is 1. The van der Waals surface area contributed by atoms with Gasteiger partial charge in [-0.05, 0) is 27.2 Å². The number of rotatable bonds is 4. The summed E-state index contributed by atoms with van der Waals surface area (Å²) in [5.74, 6) is -0.418. The Kier molecular flexibility index (Phi) is 5.08. The van der Waals surface area contributed by atoms with Crippen LogP contribution < -0.4 is 11.5 Å². The molecular formula is C10H22N2O2. The van der Waals surface area contributed by atoms with Crippen molar-refractivity contribution in [3.05, 3.63) is 0 Å². The van der Waals surface area contributed by atoms with Gasteiger partial charge in [0.25, 0.3) is 0 Å². The number of esters is 1. The molecule has 84 valence electrons. The van der Waals surface area contributed by atoms with E-state index in [1.807, 2.05) is 27.7 Å². The summed E-state index contributed by atoms with van der Waals surface area (Å²) in [6, 6.07) is -1.02. The predicted octanol–water partition coefficient (Wildman–Crippen LogP) is 0.783. The molecule has 0 amide bonds. The van der Waals surface area contributed by atoms with Crippen molar-refractivity contribution in [1.29, 1.82) is 0 Å². The van der Waals surface area contributed by atoms with Crippen LogP contribution in [-0.4, -0.2) is 23.7 Å². The van der Waals surface area contributed by atoms with Crippen LogP contribution in [0, 0.1) is 0 Å². The lowest BCUT2D eigenvalue weighted by Crippen LogP contribution is -2.49. The normalized spacial score (nSPS) is 16.1. The average molecular weight is 204 g/mol. The molecule has 0 heterocycles. The Balaban J connectivity index is 4.12. The molecule has 0 aromatic rings. The first kappa shape index (κ1) is 13.4. The zero-order valence-electron chi connectivity index (χ0n) is 9.54. The van der Waals surface area contributed by atoms with Gasteiger partial charge in [-0.2, -0.15) is 0 Å². The van der Waals surface area contributed by atoms with E-state index in [1.54, 1.807) is 0 Å². The number of ether oxygens (including phenoxy) is 1. The maximum atomic E-state index is 11.4. The summed E-state index contributed by atoms with van der Waals surface area (Å²) >= 11 is 0. The average Bonchev–Trinajstić information content (AvgIpc) is 2.00. The number of hydrogen-bond donors (Lipinski definition) is 2. The van der Waals surface area contributed by atoms with Gasteiger partial charge in [-0.15, -0.1) is 0 Å². The Labute approximate surface area is 86.0 Å². The highest BCUT2D eigenvalue weighted by molar-refractivity contribution is 5.76. The molecule has 0 bridgehead atoms. The van der Waals surface area contributed by atoms with E-state index < -0.39 is 17.6 Å². The largest absolute Gasteiger partial charge is 0.459 e. The van der Waals surface area contributed by atoms with Gasteiger partial charge in [0.1, 0.15) is 11.6 Å². The monoisotopic (exact) mass is 204 g/mol. The van der Waals surface area contributed by atoms with Gasteiger partial charge in [-0.25, -0.2) is 0 Å². The lowest BCUT2D eigenvalue weighted by Gasteiger charge is -2.24. The number of nitrogens with two attached hydrogens (primary N) is 2. The molecule has 0 rings (SSSR count). The van der Waals surface area contributed by atoms with E-state index in [9.17, 15) is 4.79 Å². The Morgan fingerprint density at radius 2 is 1.86 bits per heavy atom. The summed E-state index contributed by atoms with van der Waals surface area (Å²) in [5, 5.41) is 0. The smallest absolute Gasteiger partial charge is 0.325 e. The first-order valence-corrected chi connectivity index (χ1v) is 5.02. The minimum Gasteiger partial charge on any atom is -0.459 e. The Bertz CT molecular complexity index is 187. The fourth-order valence-corrected chi connectivity index (χ4v) is 1.06. The van der Waals surface area contributed by atoms with E-state index in [4.69, 9.17) is 16.2 Å². The van der Waals surface area contributed by atoms with Crippen molar-refractivity contribution >= 4 is 5.97 Å². The molecule has 4 N–H and O–H groups in total. The van der Waals surface area contributed by atoms with Crippen molar-refractivity contribution in [2.75, 3.05) is 0 Å². The van der Waals surface area contributed by atoms with Crippen LogP contribution in [0.1, 0.15) is 40.5 Å². The van der Waals surface area contributed by atoms with Gasteiger partial charge in [0.2, 0.25) is 0 Å². The Morgan fingerprint density at radius 1 is 1.36 bits per heavy atom. The summed E-state index contributed by atoms with van der Waals surface area (Å²) in [7, 11) is 0. The molecule has 4 heteroatoms. The van der Waals surface area contributed by atoms with Gasteiger partial charge in [0.05, 0.1) is 0 Å². The summed E-state index contributed by atoms with van der Waals surface area (Å²) in [6.45, 7) is 7.43. The lowest BCUT2D eigenvalue weighted by molar-refractivity contribution is -0.157. The molecule has 2 unspecified atom stereocenters. The maximum absolute atomic E-state index is 11.4. The minimum atomic E-state index is -0.714. The molecule has 0 fully saturated rings. The Hall–Kier alpha value is -0.610. The van der Waals surface area contributed by atoms with Gasteiger partial charge in [-0.3, -0.25) is 4.79 Å². The van der Waals surface area contributed by atoms with Crippen molar-refractivity contribution in [3.8, 4) is 0 Å². The van der Waals surface area contributed by atoms with E-state index in [0.717, 1.165) is 12.8 Å². The van der Waals surface area contributed by atoms with Gasteiger partial charge >= 0.3 is 5.97 Å². The van der Waals surface area contributed by atoms with Crippen LogP contribution in [-0.2, 0) is 9.53 Å². The van der Waals surface area contributed by atoms with Gasteiger partial charge in [-0.1, -0.05) is 13.3 Å². The molecule has 0 spiro atoms. The number of hydrogen-bond acceptors (Lipinski definition) is 4.